The van der Waals surface area contributed by atoms with Gasteiger partial charge in [-0.2, -0.15) is 0 Å². The number of carbonyl (C=O) groups excluding carboxylic acids is 3. The lowest BCUT2D eigenvalue weighted by Crippen LogP contribution is -2.70. The quantitative estimate of drug-likeness (QED) is 0.498. The van der Waals surface area contributed by atoms with Crippen molar-refractivity contribution < 1.29 is 29.0 Å². The monoisotopic (exact) mass is 460 g/mol. The summed E-state index contributed by atoms with van der Waals surface area (Å²) in [4.78, 5) is 38.5. The molecule has 0 aromatic carbocycles. The largest absolute Gasteiger partial charge is 0.457 e. The molecule has 0 aliphatic heterocycles. The first-order chi connectivity index (χ1) is 15.2. The third-order valence-electron chi connectivity index (χ3n) is 8.36. The molecule has 0 radical (unpaired) electrons. The number of fused-ring (bicyclic) bond motifs is 3. The Hall–Kier alpha value is -1.95. The molecule has 6 heteroatoms. The Morgan fingerprint density at radius 2 is 1.58 bits per heavy atom. The minimum absolute atomic E-state index is 0.0666. The molecule has 1 fully saturated rings. The molecule has 6 nitrogen and oxygen atoms in total. The van der Waals surface area contributed by atoms with E-state index in [1.165, 1.54) is 0 Å². The second-order valence-electron chi connectivity index (χ2n) is 11.3. The number of hydrogen-bond acceptors (Lipinski definition) is 6. The number of esters is 2. The van der Waals surface area contributed by atoms with Crippen LogP contribution in [0.25, 0.3) is 0 Å². The Kier molecular flexibility index (Phi) is 6.75. The Labute approximate surface area is 197 Å². The number of ketones is 1. The van der Waals surface area contributed by atoms with Crippen LogP contribution in [0.4, 0.5) is 0 Å². The zero-order chi connectivity index (χ0) is 25.0. The fraction of sp³-hybridized carbons (Fsp3) is 0.741. The van der Waals surface area contributed by atoms with E-state index < -0.39 is 35.1 Å². The molecule has 0 spiro atoms. The van der Waals surface area contributed by atoms with Gasteiger partial charge in [-0.3, -0.25) is 14.4 Å². The smallest absolute Gasteiger partial charge is 0.309 e. The van der Waals surface area contributed by atoms with Crippen molar-refractivity contribution in [2.75, 3.05) is 0 Å². The molecule has 3 aliphatic rings. The van der Waals surface area contributed by atoms with Crippen molar-refractivity contribution in [1.82, 2.24) is 0 Å². The molecule has 0 heterocycles. The van der Waals surface area contributed by atoms with Gasteiger partial charge in [-0.25, -0.2) is 0 Å². The second kappa shape index (κ2) is 8.68. The van der Waals surface area contributed by atoms with E-state index in [0.717, 1.165) is 5.57 Å². The van der Waals surface area contributed by atoms with Gasteiger partial charge in [-0.15, -0.1) is 0 Å². The summed E-state index contributed by atoms with van der Waals surface area (Å²) in [5.74, 6) is -3.47. The number of Topliss-reactive ketones (excluding diaryl/α,β-unsaturated/α-hetero) is 1. The van der Waals surface area contributed by atoms with Crippen molar-refractivity contribution in [3.8, 4) is 0 Å². The minimum atomic E-state index is -1.33. The van der Waals surface area contributed by atoms with E-state index in [2.05, 4.69) is 6.08 Å². The molecule has 1 saturated carbocycles. The Morgan fingerprint density at radius 3 is 2.12 bits per heavy atom. The first kappa shape index (κ1) is 25.7. The summed E-state index contributed by atoms with van der Waals surface area (Å²) in [6.07, 6.45) is 3.68. The number of ether oxygens (including phenoxy) is 2. The topological polar surface area (TPSA) is 89.9 Å². The van der Waals surface area contributed by atoms with Crippen LogP contribution in [0.15, 0.2) is 23.3 Å². The third kappa shape index (κ3) is 3.98. The van der Waals surface area contributed by atoms with Crippen molar-refractivity contribution in [2.24, 2.45) is 41.4 Å². The van der Waals surface area contributed by atoms with E-state index in [-0.39, 0.29) is 41.3 Å². The van der Waals surface area contributed by atoms with Gasteiger partial charge in [0.1, 0.15) is 11.7 Å². The van der Waals surface area contributed by atoms with E-state index in [1.54, 1.807) is 34.6 Å². The average Bonchev–Trinajstić information content (AvgIpc) is 2.94. The van der Waals surface area contributed by atoms with Gasteiger partial charge in [0.2, 0.25) is 0 Å². The molecular formula is C27H40O6. The van der Waals surface area contributed by atoms with Crippen molar-refractivity contribution in [1.29, 1.82) is 0 Å². The van der Waals surface area contributed by atoms with Crippen molar-refractivity contribution >= 4 is 17.7 Å². The number of allylic oxidation sites excluding steroid dienone is 2. The highest BCUT2D eigenvalue weighted by atomic mass is 16.6. The minimum Gasteiger partial charge on any atom is -0.457 e. The highest BCUT2D eigenvalue weighted by molar-refractivity contribution is 5.99. The maximum atomic E-state index is 13.0. The summed E-state index contributed by atoms with van der Waals surface area (Å²) < 4.78 is 12.1. The molecule has 8 unspecified atom stereocenters. The molecule has 3 rings (SSSR count). The van der Waals surface area contributed by atoms with Crippen molar-refractivity contribution in [3.63, 3.8) is 0 Å². The Morgan fingerprint density at radius 1 is 1.00 bits per heavy atom. The van der Waals surface area contributed by atoms with E-state index in [9.17, 15) is 19.5 Å². The zero-order valence-corrected chi connectivity index (χ0v) is 21.5. The summed E-state index contributed by atoms with van der Waals surface area (Å²) in [6.45, 7) is 16.5. The fourth-order valence-corrected chi connectivity index (χ4v) is 6.15. The van der Waals surface area contributed by atoms with E-state index >= 15 is 0 Å². The van der Waals surface area contributed by atoms with Crippen molar-refractivity contribution in [2.45, 2.75) is 86.0 Å². The first-order valence-corrected chi connectivity index (χ1v) is 12.2. The lowest BCUT2D eigenvalue weighted by atomic mass is 9.53. The van der Waals surface area contributed by atoms with E-state index in [4.69, 9.17) is 9.47 Å². The lowest BCUT2D eigenvalue weighted by Gasteiger charge is -2.59. The highest BCUT2D eigenvalue weighted by Gasteiger charge is 2.67. The second-order valence-corrected chi connectivity index (χ2v) is 11.3. The molecule has 1 N–H and O–H groups in total. The SMILES string of the molecule is CC1=CC2C(C)C(C)(OC(=O)C(C)C)C(OC(=O)C(C)C)C(C)C2(O)C2C=C(C)C(=O)C2C1. The average molecular weight is 461 g/mol. The molecule has 0 aromatic rings. The van der Waals surface area contributed by atoms with Gasteiger partial charge in [-0.05, 0) is 32.8 Å². The maximum absolute atomic E-state index is 13.0. The summed E-state index contributed by atoms with van der Waals surface area (Å²) in [7, 11) is 0. The van der Waals surface area contributed by atoms with E-state index in [1.807, 2.05) is 33.8 Å². The predicted molar refractivity (Wildman–Crippen MR) is 125 cm³/mol. The van der Waals surface area contributed by atoms with Gasteiger partial charge < -0.3 is 14.6 Å². The molecule has 0 amide bonds. The molecule has 0 bridgehead atoms. The first-order valence-electron chi connectivity index (χ1n) is 12.2. The van der Waals surface area contributed by atoms with Crippen LogP contribution in [-0.2, 0) is 23.9 Å². The number of carbonyl (C=O) groups is 3. The molecule has 33 heavy (non-hydrogen) atoms. The summed E-state index contributed by atoms with van der Waals surface area (Å²) in [6, 6.07) is 0. The normalized spacial score (nSPS) is 40.5. The fourth-order valence-electron chi connectivity index (χ4n) is 6.15. The molecule has 184 valence electrons. The summed E-state index contributed by atoms with van der Waals surface area (Å²) in [5.41, 5.74) is -0.764. The van der Waals surface area contributed by atoms with Gasteiger partial charge in [0.15, 0.2) is 5.78 Å². The Bertz CT molecular complexity index is 898. The number of aliphatic hydroxyl groups is 1. The summed E-state index contributed by atoms with van der Waals surface area (Å²) in [5, 5.41) is 12.5. The van der Waals surface area contributed by atoms with Gasteiger partial charge >= 0.3 is 11.9 Å². The van der Waals surface area contributed by atoms with Gasteiger partial charge in [0, 0.05) is 29.6 Å². The molecule has 0 saturated heterocycles. The van der Waals surface area contributed by atoms with Crippen LogP contribution in [0.3, 0.4) is 0 Å². The van der Waals surface area contributed by atoms with Crippen LogP contribution < -0.4 is 0 Å². The van der Waals surface area contributed by atoms with Crippen LogP contribution in [-0.4, -0.2) is 40.1 Å². The number of hydrogen-bond donors (Lipinski definition) is 1. The predicted octanol–water partition coefficient (Wildman–Crippen LogP) is 4.26. The molecule has 0 aromatic heterocycles. The van der Waals surface area contributed by atoms with Gasteiger partial charge in [0.05, 0.1) is 17.4 Å². The molecular weight excluding hydrogens is 420 g/mol. The van der Waals surface area contributed by atoms with Gasteiger partial charge in [0.25, 0.3) is 0 Å². The maximum Gasteiger partial charge on any atom is 0.309 e. The van der Waals surface area contributed by atoms with Crippen LogP contribution in [0.1, 0.15) is 68.7 Å². The van der Waals surface area contributed by atoms with Gasteiger partial charge in [-0.1, -0.05) is 59.3 Å². The van der Waals surface area contributed by atoms with Crippen LogP contribution >= 0.6 is 0 Å². The number of rotatable bonds is 4. The van der Waals surface area contributed by atoms with E-state index in [0.29, 0.717) is 12.0 Å². The summed E-state index contributed by atoms with van der Waals surface area (Å²) >= 11 is 0. The lowest BCUT2D eigenvalue weighted by molar-refractivity contribution is -0.261. The third-order valence-corrected chi connectivity index (χ3v) is 8.36. The van der Waals surface area contributed by atoms with Crippen LogP contribution in [0.2, 0.25) is 0 Å². The Balaban J connectivity index is 2.18. The zero-order valence-electron chi connectivity index (χ0n) is 21.5. The van der Waals surface area contributed by atoms with Crippen LogP contribution in [0, 0.1) is 41.4 Å². The highest BCUT2D eigenvalue weighted by Crippen LogP contribution is 2.58. The van der Waals surface area contributed by atoms with Crippen LogP contribution in [0.5, 0.6) is 0 Å². The standard InChI is InChI=1S/C27H40O6/c1-13(2)24(29)32-23-18(8)27(31)20(17(7)26(23,9)33-25(30)14(3)4)11-15(5)10-19-21(27)12-16(6)22(19)28/h11-14,17-21,23,31H,10H2,1-9H3. The molecule has 8 atom stereocenters. The molecule has 3 aliphatic carbocycles. The van der Waals surface area contributed by atoms with Crippen molar-refractivity contribution in [3.05, 3.63) is 23.3 Å².